The molecule has 6 heteroatoms. The number of para-hydroxylation sites is 1. The Bertz CT molecular complexity index is 809. The molecule has 0 aliphatic rings. The number of halogens is 1. The fraction of sp³-hybridized carbons (Fsp3) is 0.214. The number of nitrogens with zero attached hydrogens (tertiary/aromatic N) is 5. The number of hydrogen-bond acceptors (Lipinski definition) is 3. The SMILES string of the molecule is Cn1nccc1Cn1c(CCl)nc2c(C#N)cccc21. The fourth-order valence-electron chi connectivity index (χ4n) is 2.28. The normalized spacial score (nSPS) is 10.8. The van der Waals surface area contributed by atoms with Crippen LogP contribution in [0.15, 0.2) is 30.5 Å². The molecule has 3 rings (SSSR count). The van der Waals surface area contributed by atoms with Gasteiger partial charge in [-0.3, -0.25) is 4.68 Å². The van der Waals surface area contributed by atoms with Gasteiger partial charge in [0.1, 0.15) is 17.4 Å². The number of rotatable bonds is 3. The van der Waals surface area contributed by atoms with Crippen LogP contribution < -0.4 is 0 Å². The highest BCUT2D eigenvalue weighted by atomic mass is 35.5. The average molecular weight is 286 g/mol. The first kappa shape index (κ1) is 12.7. The molecule has 0 aliphatic carbocycles. The smallest absolute Gasteiger partial charge is 0.125 e. The molecule has 0 unspecified atom stereocenters. The predicted molar refractivity (Wildman–Crippen MR) is 76.3 cm³/mol. The van der Waals surface area contributed by atoms with Gasteiger partial charge in [-0.2, -0.15) is 10.4 Å². The topological polar surface area (TPSA) is 59.4 Å². The summed E-state index contributed by atoms with van der Waals surface area (Å²) >= 11 is 5.99. The van der Waals surface area contributed by atoms with Gasteiger partial charge in [0.05, 0.1) is 29.2 Å². The van der Waals surface area contributed by atoms with Crippen molar-refractivity contribution in [2.24, 2.45) is 7.05 Å². The van der Waals surface area contributed by atoms with Gasteiger partial charge in [-0.15, -0.1) is 11.6 Å². The van der Waals surface area contributed by atoms with E-state index in [1.165, 1.54) is 0 Å². The number of aryl methyl sites for hydroxylation is 1. The maximum Gasteiger partial charge on any atom is 0.125 e. The Balaban J connectivity index is 2.19. The van der Waals surface area contributed by atoms with Crippen LogP contribution in [0.1, 0.15) is 17.1 Å². The third-order valence-electron chi connectivity index (χ3n) is 3.34. The van der Waals surface area contributed by atoms with E-state index in [1.54, 1.807) is 12.3 Å². The number of benzene rings is 1. The second-order valence-corrected chi connectivity index (χ2v) is 4.75. The molecule has 2 heterocycles. The molecule has 0 bridgehead atoms. The Kier molecular flexibility index (Phi) is 3.17. The largest absolute Gasteiger partial charge is 0.321 e. The summed E-state index contributed by atoms with van der Waals surface area (Å²) in [5.74, 6) is 1.06. The zero-order valence-corrected chi connectivity index (χ0v) is 11.7. The number of nitriles is 1. The second kappa shape index (κ2) is 4.99. The minimum absolute atomic E-state index is 0.303. The van der Waals surface area contributed by atoms with Crippen molar-refractivity contribution in [1.82, 2.24) is 19.3 Å². The number of imidazole rings is 1. The molecule has 0 saturated carbocycles. The highest BCUT2D eigenvalue weighted by Gasteiger charge is 2.14. The minimum atomic E-state index is 0.303. The van der Waals surface area contributed by atoms with Gasteiger partial charge in [-0.1, -0.05) is 6.07 Å². The number of hydrogen-bond donors (Lipinski definition) is 0. The van der Waals surface area contributed by atoms with Crippen LogP contribution in [0.2, 0.25) is 0 Å². The summed E-state index contributed by atoms with van der Waals surface area (Å²) in [4.78, 5) is 4.49. The van der Waals surface area contributed by atoms with Gasteiger partial charge < -0.3 is 4.57 Å². The molecule has 0 aliphatic heterocycles. The van der Waals surface area contributed by atoms with Crippen LogP contribution >= 0.6 is 11.6 Å². The second-order valence-electron chi connectivity index (χ2n) is 4.48. The Labute approximate surface area is 121 Å². The van der Waals surface area contributed by atoms with Crippen molar-refractivity contribution in [3.63, 3.8) is 0 Å². The summed E-state index contributed by atoms with van der Waals surface area (Å²) in [6.45, 7) is 0.629. The lowest BCUT2D eigenvalue weighted by Gasteiger charge is -2.08. The van der Waals surface area contributed by atoms with E-state index in [9.17, 15) is 0 Å². The van der Waals surface area contributed by atoms with Crippen LogP contribution in [-0.4, -0.2) is 19.3 Å². The van der Waals surface area contributed by atoms with Gasteiger partial charge in [0.25, 0.3) is 0 Å². The molecule has 0 saturated heterocycles. The van der Waals surface area contributed by atoms with E-state index in [0.29, 0.717) is 23.5 Å². The van der Waals surface area contributed by atoms with E-state index >= 15 is 0 Å². The maximum absolute atomic E-state index is 9.16. The quantitative estimate of drug-likeness (QED) is 0.695. The molecule has 0 spiro atoms. The fourth-order valence-corrected chi connectivity index (χ4v) is 2.49. The number of alkyl halides is 1. The Morgan fingerprint density at radius 1 is 1.35 bits per heavy atom. The van der Waals surface area contributed by atoms with Gasteiger partial charge in [0.2, 0.25) is 0 Å². The first-order valence-electron chi connectivity index (χ1n) is 6.15. The van der Waals surface area contributed by atoms with Crippen molar-refractivity contribution in [3.8, 4) is 6.07 Å². The third-order valence-corrected chi connectivity index (χ3v) is 3.58. The van der Waals surface area contributed by atoms with Crippen LogP contribution in [0.4, 0.5) is 0 Å². The molecule has 0 radical (unpaired) electrons. The summed E-state index contributed by atoms with van der Waals surface area (Å²) < 4.78 is 3.85. The van der Waals surface area contributed by atoms with Crippen molar-refractivity contribution in [1.29, 1.82) is 5.26 Å². The highest BCUT2D eigenvalue weighted by molar-refractivity contribution is 6.16. The molecule has 3 aromatic rings. The first-order valence-corrected chi connectivity index (χ1v) is 6.69. The van der Waals surface area contributed by atoms with Crippen molar-refractivity contribution < 1.29 is 0 Å². The molecule has 100 valence electrons. The maximum atomic E-state index is 9.16. The summed E-state index contributed by atoms with van der Waals surface area (Å²) in [6, 6.07) is 9.71. The Hall–Kier alpha value is -2.32. The van der Waals surface area contributed by atoms with Crippen molar-refractivity contribution in [2.75, 3.05) is 0 Å². The summed E-state index contributed by atoms with van der Waals surface area (Å²) in [7, 11) is 1.90. The lowest BCUT2D eigenvalue weighted by molar-refractivity contribution is 0.663. The van der Waals surface area contributed by atoms with E-state index in [0.717, 1.165) is 17.0 Å². The Morgan fingerprint density at radius 3 is 2.85 bits per heavy atom. The molecule has 5 nitrogen and oxygen atoms in total. The van der Waals surface area contributed by atoms with E-state index < -0.39 is 0 Å². The standard InChI is InChI=1S/C14H12ClN5/c1-19-11(5-6-17-19)9-20-12-4-2-3-10(8-16)14(12)18-13(20)7-15/h2-6H,7,9H2,1H3. The predicted octanol–water partition coefficient (Wildman–Crippen LogP) is 2.43. The van der Waals surface area contributed by atoms with E-state index in [4.69, 9.17) is 16.9 Å². The van der Waals surface area contributed by atoms with Crippen molar-refractivity contribution >= 4 is 22.6 Å². The molecule has 1 aromatic carbocycles. The van der Waals surface area contributed by atoms with Gasteiger partial charge in [-0.05, 0) is 18.2 Å². The lowest BCUT2D eigenvalue weighted by atomic mass is 10.2. The molecule has 20 heavy (non-hydrogen) atoms. The lowest BCUT2D eigenvalue weighted by Crippen LogP contribution is -2.08. The molecular formula is C14H12ClN5. The number of fused-ring (bicyclic) bond motifs is 1. The van der Waals surface area contributed by atoms with Gasteiger partial charge in [0, 0.05) is 13.2 Å². The van der Waals surface area contributed by atoms with Crippen molar-refractivity contribution in [2.45, 2.75) is 12.4 Å². The molecule has 2 aromatic heterocycles. The third kappa shape index (κ3) is 1.95. The van der Waals surface area contributed by atoms with E-state index in [1.807, 2.05) is 34.5 Å². The molecule has 0 fully saturated rings. The molecular weight excluding hydrogens is 274 g/mol. The van der Waals surface area contributed by atoms with Crippen LogP contribution in [0, 0.1) is 11.3 Å². The number of aromatic nitrogens is 4. The monoisotopic (exact) mass is 285 g/mol. The minimum Gasteiger partial charge on any atom is -0.321 e. The van der Waals surface area contributed by atoms with Crippen molar-refractivity contribution in [3.05, 3.63) is 47.5 Å². The zero-order chi connectivity index (χ0) is 14.1. The zero-order valence-electron chi connectivity index (χ0n) is 10.9. The first-order chi connectivity index (χ1) is 9.74. The van der Waals surface area contributed by atoms with Crippen LogP contribution in [0.5, 0.6) is 0 Å². The van der Waals surface area contributed by atoms with E-state index in [-0.39, 0.29) is 0 Å². The molecule has 0 amide bonds. The highest BCUT2D eigenvalue weighted by Crippen LogP contribution is 2.22. The van der Waals surface area contributed by atoms with Crippen LogP contribution in [0.25, 0.3) is 11.0 Å². The van der Waals surface area contributed by atoms with Gasteiger partial charge >= 0.3 is 0 Å². The molecule has 0 N–H and O–H groups in total. The van der Waals surface area contributed by atoms with Crippen LogP contribution in [0.3, 0.4) is 0 Å². The summed E-state index contributed by atoms with van der Waals surface area (Å²) in [6.07, 6.45) is 1.76. The molecule has 0 atom stereocenters. The van der Waals surface area contributed by atoms with Gasteiger partial charge in [0.15, 0.2) is 0 Å². The van der Waals surface area contributed by atoms with Crippen LogP contribution in [-0.2, 0) is 19.5 Å². The summed E-state index contributed by atoms with van der Waals surface area (Å²) in [5.41, 5.74) is 3.24. The Morgan fingerprint density at radius 2 is 2.20 bits per heavy atom. The van der Waals surface area contributed by atoms with Gasteiger partial charge in [-0.25, -0.2) is 4.98 Å². The average Bonchev–Trinajstić information content (AvgIpc) is 3.03. The summed E-state index contributed by atoms with van der Waals surface area (Å²) in [5, 5.41) is 13.3. The van der Waals surface area contributed by atoms with E-state index in [2.05, 4.69) is 16.2 Å².